The minimum Gasteiger partial charge on any atom is -0.370 e. The molecule has 32 heavy (non-hydrogen) atoms. The van der Waals surface area contributed by atoms with Gasteiger partial charge in [0.25, 0.3) is 0 Å². The minimum atomic E-state index is -0.491. The second-order valence-electron chi connectivity index (χ2n) is 8.46. The van der Waals surface area contributed by atoms with Crippen molar-refractivity contribution in [1.82, 2.24) is 9.96 Å². The van der Waals surface area contributed by atoms with E-state index in [9.17, 15) is 4.79 Å². The van der Waals surface area contributed by atoms with Gasteiger partial charge in [-0.3, -0.25) is 5.32 Å². The van der Waals surface area contributed by atoms with Crippen LogP contribution in [0.15, 0.2) is 54.6 Å². The Kier molecular flexibility index (Phi) is 6.74. The highest BCUT2D eigenvalue weighted by atomic mass is 16.7. The Morgan fingerprint density at radius 2 is 2.00 bits per heavy atom. The number of nitrogens with one attached hydrogen (secondary N) is 1. The minimum absolute atomic E-state index is 0.491. The Morgan fingerprint density at radius 3 is 2.66 bits per heavy atom. The molecule has 1 unspecified atom stereocenters. The van der Waals surface area contributed by atoms with E-state index in [1.165, 1.54) is 5.69 Å². The number of benzene rings is 2. The van der Waals surface area contributed by atoms with Crippen LogP contribution < -0.4 is 10.2 Å². The molecular weight excluding hydrogens is 402 g/mol. The number of nitrogens with zero attached hydrogens (tertiary/aromatic N) is 4. The van der Waals surface area contributed by atoms with Crippen molar-refractivity contribution >= 4 is 23.0 Å². The number of rotatable bonds is 5. The first-order chi connectivity index (χ1) is 15.5. The average Bonchev–Trinajstić information content (AvgIpc) is 3.31. The van der Waals surface area contributed by atoms with Gasteiger partial charge < -0.3 is 14.6 Å². The molecule has 1 fully saturated rings. The maximum Gasteiger partial charge on any atom is 0.430 e. The first-order valence-electron chi connectivity index (χ1n) is 11.0. The third-order valence-electron chi connectivity index (χ3n) is 6.12. The van der Waals surface area contributed by atoms with Crippen molar-refractivity contribution in [3.63, 3.8) is 0 Å². The van der Waals surface area contributed by atoms with Gasteiger partial charge >= 0.3 is 6.09 Å². The molecule has 0 aromatic heterocycles. The Labute approximate surface area is 189 Å². The number of carbonyl (C=O) groups excluding carboxylic acids is 1. The van der Waals surface area contributed by atoms with Crippen LogP contribution in [-0.2, 0) is 4.84 Å². The van der Waals surface area contributed by atoms with Gasteiger partial charge in [0.1, 0.15) is 0 Å². The van der Waals surface area contributed by atoms with Crippen LogP contribution in [-0.4, -0.2) is 62.4 Å². The Bertz CT molecular complexity index is 1030. The van der Waals surface area contributed by atoms with E-state index >= 15 is 0 Å². The van der Waals surface area contributed by atoms with Crippen molar-refractivity contribution in [3.05, 3.63) is 65.7 Å². The molecule has 0 bridgehead atoms. The third-order valence-corrected chi connectivity index (χ3v) is 6.12. The summed E-state index contributed by atoms with van der Waals surface area (Å²) < 4.78 is 0. The predicted molar refractivity (Wildman–Crippen MR) is 126 cm³/mol. The summed E-state index contributed by atoms with van der Waals surface area (Å²) in [4.78, 5) is 22.4. The maximum atomic E-state index is 12.3. The van der Waals surface area contributed by atoms with Crippen LogP contribution in [0.25, 0.3) is 5.57 Å². The number of anilines is 2. The van der Waals surface area contributed by atoms with E-state index < -0.39 is 6.09 Å². The highest BCUT2D eigenvalue weighted by molar-refractivity contribution is 5.84. The highest BCUT2D eigenvalue weighted by Crippen LogP contribution is 2.25. The van der Waals surface area contributed by atoms with Crippen molar-refractivity contribution in [1.29, 1.82) is 5.26 Å². The number of hydrogen-bond donors (Lipinski definition) is 1. The molecule has 0 aliphatic carbocycles. The molecule has 0 spiro atoms. The van der Waals surface area contributed by atoms with Gasteiger partial charge in [0, 0.05) is 37.1 Å². The van der Waals surface area contributed by atoms with Crippen LogP contribution in [0.3, 0.4) is 0 Å². The van der Waals surface area contributed by atoms with Crippen LogP contribution in [0.5, 0.6) is 0 Å². The van der Waals surface area contributed by atoms with Crippen LogP contribution in [0.1, 0.15) is 24.0 Å². The van der Waals surface area contributed by atoms with Crippen LogP contribution in [0.4, 0.5) is 16.2 Å². The Hall–Kier alpha value is -3.34. The number of carbonyl (C=O) groups is 1. The lowest BCUT2D eigenvalue weighted by molar-refractivity contribution is -0.0851. The molecule has 166 valence electrons. The standard InChI is InChI=1S/C25H29N5O2/c1-28(2)24-12-13-29(18-24)23-8-6-22(7-9-23)27-25(31)32-30-14-10-20(11-15-30)21-5-3-4-19(16-21)17-26/h3-10,16,24H,11-15,18H2,1-2H3,(H,27,31). The zero-order valence-corrected chi connectivity index (χ0v) is 18.6. The lowest BCUT2D eigenvalue weighted by Gasteiger charge is -2.25. The van der Waals surface area contributed by atoms with Crippen molar-refractivity contribution < 1.29 is 9.63 Å². The van der Waals surface area contributed by atoms with E-state index in [-0.39, 0.29) is 0 Å². The van der Waals surface area contributed by atoms with Crippen molar-refractivity contribution in [2.24, 2.45) is 0 Å². The number of amides is 1. The Morgan fingerprint density at radius 1 is 1.19 bits per heavy atom. The number of hydroxylamine groups is 2. The largest absolute Gasteiger partial charge is 0.430 e. The molecule has 0 saturated carbocycles. The summed E-state index contributed by atoms with van der Waals surface area (Å²) in [6, 6.07) is 18.2. The molecule has 1 N–H and O–H groups in total. The fourth-order valence-corrected chi connectivity index (χ4v) is 4.20. The molecule has 2 aliphatic heterocycles. The van der Waals surface area contributed by atoms with Gasteiger partial charge in [-0.2, -0.15) is 5.26 Å². The molecule has 0 radical (unpaired) electrons. The summed E-state index contributed by atoms with van der Waals surface area (Å²) in [5, 5.41) is 13.5. The molecule has 1 atom stereocenters. The molecular formula is C25H29N5O2. The molecule has 2 aromatic rings. The number of nitriles is 1. The van der Waals surface area contributed by atoms with E-state index in [1.807, 2.05) is 48.5 Å². The topological polar surface area (TPSA) is 71.8 Å². The second kappa shape index (κ2) is 9.86. The number of likely N-dealkylation sites (N-methyl/N-ethyl adjacent to an activating group) is 1. The first kappa shape index (κ1) is 21.9. The zero-order chi connectivity index (χ0) is 22.5. The lowest BCUT2D eigenvalue weighted by Crippen LogP contribution is -2.33. The lowest BCUT2D eigenvalue weighted by atomic mass is 9.99. The number of hydrogen-bond acceptors (Lipinski definition) is 6. The normalized spacial score (nSPS) is 18.9. The van der Waals surface area contributed by atoms with Gasteiger partial charge in [-0.05, 0) is 74.5 Å². The second-order valence-corrected chi connectivity index (χ2v) is 8.46. The zero-order valence-electron chi connectivity index (χ0n) is 18.6. The quantitative estimate of drug-likeness (QED) is 0.773. The molecule has 2 aliphatic rings. The predicted octanol–water partition coefficient (Wildman–Crippen LogP) is 3.95. The fourth-order valence-electron chi connectivity index (χ4n) is 4.20. The van der Waals surface area contributed by atoms with Gasteiger partial charge in [-0.1, -0.05) is 18.2 Å². The molecule has 2 aromatic carbocycles. The van der Waals surface area contributed by atoms with E-state index in [2.05, 4.69) is 35.3 Å². The molecule has 2 heterocycles. The van der Waals surface area contributed by atoms with Gasteiger partial charge in [0.2, 0.25) is 0 Å². The molecule has 1 saturated heterocycles. The average molecular weight is 432 g/mol. The summed E-state index contributed by atoms with van der Waals surface area (Å²) in [5.41, 5.74) is 4.74. The van der Waals surface area contributed by atoms with Crippen LogP contribution in [0.2, 0.25) is 0 Å². The van der Waals surface area contributed by atoms with Gasteiger partial charge in [-0.25, -0.2) is 4.79 Å². The summed E-state index contributed by atoms with van der Waals surface area (Å²) in [6.07, 6.45) is 3.46. The van der Waals surface area contributed by atoms with Gasteiger partial charge in [0.05, 0.1) is 18.2 Å². The molecule has 7 nitrogen and oxygen atoms in total. The molecule has 4 rings (SSSR count). The van der Waals surface area contributed by atoms with Gasteiger partial charge in [-0.15, -0.1) is 5.06 Å². The summed E-state index contributed by atoms with van der Waals surface area (Å²) in [7, 11) is 4.25. The van der Waals surface area contributed by atoms with Crippen molar-refractivity contribution in [3.8, 4) is 6.07 Å². The fraction of sp³-hybridized carbons (Fsp3) is 0.360. The monoisotopic (exact) mass is 431 g/mol. The van der Waals surface area contributed by atoms with Crippen LogP contribution in [0, 0.1) is 11.3 Å². The van der Waals surface area contributed by atoms with Gasteiger partial charge in [0.15, 0.2) is 0 Å². The third kappa shape index (κ3) is 5.28. The van der Waals surface area contributed by atoms with E-state index in [4.69, 9.17) is 10.1 Å². The molecule has 1 amide bonds. The van der Waals surface area contributed by atoms with E-state index in [1.54, 1.807) is 11.1 Å². The summed E-state index contributed by atoms with van der Waals surface area (Å²) in [6.45, 7) is 3.19. The summed E-state index contributed by atoms with van der Waals surface area (Å²) >= 11 is 0. The maximum absolute atomic E-state index is 12.3. The molecule has 7 heteroatoms. The van der Waals surface area contributed by atoms with E-state index in [0.29, 0.717) is 30.4 Å². The van der Waals surface area contributed by atoms with Crippen molar-refractivity contribution in [2.45, 2.75) is 18.9 Å². The SMILES string of the molecule is CN(C)C1CCN(c2ccc(NC(=O)ON3CC=C(c4cccc(C#N)c4)CC3)cc2)C1. The van der Waals surface area contributed by atoms with E-state index in [0.717, 1.165) is 37.1 Å². The van der Waals surface area contributed by atoms with Crippen molar-refractivity contribution in [2.75, 3.05) is 50.5 Å². The highest BCUT2D eigenvalue weighted by Gasteiger charge is 2.24. The summed E-state index contributed by atoms with van der Waals surface area (Å²) in [5.74, 6) is 0. The van der Waals surface area contributed by atoms with Crippen LogP contribution >= 0.6 is 0 Å². The first-order valence-corrected chi connectivity index (χ1v) is 11.0. The smallest absolute Gasteiger partial charge is 0.370 e. The Balaban J connectivity index is 1.27.